The van der Waals surface area contributed by atoms with Crippen LogP contribution in [0.4, 0.5) is 13.2 Å². The highest BCUT2D eigenvalue weighted by Crippen LogP contribution is 2.29. The first-order valence-corrected chi connectivity index (χ1v) is 9.48. The Hall–Kier alpha value is -2.47. The van der Waals surface area contributed by atoms with Gasteiger partial charge in [0.05, 0.1) is 17.5 Å². The van der Waals surface area contributed by atoms with Crippen LogP contribution in [-0.2, 0) is 27.4 Å². The minimum absolute atomic E-state index is 0.0115. The van der Waals surface area contributed by atoms with Gasteiger partial charge in [0.25, 0.3) is 5.91 Å². The highest BCUT2D eigenvalue weighted by atomic mass is 32.2. The van der Waals surface area contributed by atoms with Crippen LogP contribution in [0.2, 0.25) is 0 Å². The van der Waals surface area contributed by atoms with Gasteiger partial charge in [-0.25, -0.2) is 13.9 Å². The lowest BCUT2D eigenvalue weighted by Crippen LogP contribution is -2.49. The third-order valence-electron chi connectivity index (χ3n) is 4.24. The van der Waals surface area contributed by atoms with Gasteiger partial charge in [0.2, 0.25) is 0 Å². The second kappa shape index (κ2) is 7.27. The summed E-state index contributed by atoms with van der Waals surface area (Å²) in [6.07, 6.45) is -0.255. The van der Waals surface area contributed by atoms with Crippen molar-refractivity contribution < 1.29 is 31.6 Å². The van der Waals surface area contributed by atoms with Crippen LogP contribution < -0.4 is 5.48 Å². The molecule has 2 N–H and O–H groups in total. The van der Waals surface area contributed by atoms with Crippen LogP contribution in [0.25, 0.3) is 11.3 Å². The number of nitrogens with zero attached hydrogens (tertiary/aromatic N) is 3. The van der Waals surface area contributed by atoms with E-state index in [0.717, 1.165) is 12.3 Å². The minimum atomic E-state index is -4.49. The van der Waals surface area contributed by atoms with Crippen LogP contribution >= 0.6 is 0 Å². The van der Waals surface area contributed by atoms with E-state index in [0.29, 0.717) is 11.8 Å². The number of hydroxylamine groups is 1. The van der Waals surface area contributed by atoms with Gasteiger partial charge >= 0.3 is 6.18 Å². The Morgan fingerprint density at radius 2 is 1.96 bits per heavy atom. The lowest BCUT2D eigenvalue weighted by atomic mass is 10.1. The molecule has 148 valence electrons. The Balaban J connectivity index is 2.17. The molecule has 12 heteroatoms. The zero-order valence-corrected chi connectivity index (χ0v) is 15.2. The molecule has 0 fully saturated rings. The molecule has 0 aromatic carbocycles. The molecule has 0 saturated heterocycles. The number of aromatic nitrogens is 3. The van der Waals surface area contributed by atoms with Crippen LogP contribution in [0, 0.1) is 0 Å². The molecule has 0 radical (unpaired) electrons. The first-order valence-electron chi connectivity index (χ1n) is 7.59. The maximum atomic E-state index is 12.6. The van der Waals surface area contributed by atoms with Crippen molar-refractivity contribution in [2.75, 3.05) is 6.26 Å². The number of rotatable bonds is 6. The smallest absolute Gasteiger partial charge is 0.289 e. The summed E-state index contributed by atoms with van der Waals surface area (Å²) in [4.78, 5) is 15.5. The Morgan fingerprint density at radius 3 is 2.44 bits per heavy atom. The molecule has 0 bridgehead atoms. The molecule has 0 aliphatic carbocycles. The van der Waals surface area contributed by atoms with Crippen molar-refractivity contribution >= 4 is 15.7 Å². The summed E-state index contributed by atoms with van der Waals surface area (Å²) in [5, 5.41) is 12.8. The molecule has 8 nitrogen and oxygen atoms in total. The van der Waals surface area contributed by atoms with E-state index in [9.17, 15) is 26.4 Å². The second-order valence-corrected chi connectivity index (χ2v) is 8.56. The SMILES string of the molecule is CC(CCn1cc(-c2ccc(C(F)(F)F)cn2)cn1)(C(=O)NO)S(C)(=O)=O. The standard InChI is InChI=1S/C15H17F3N4O4S/c1-14(13(23)21-24,27(2,25)26)5-6-22-9-10(7-20-22)12-4-3-11(8-19-12)15(16,17)18/h3-4,7-9,24H,5-6H2,1-2H3,(H,21,23). The largest absolute Gasteiger partial charge is 0.417 e. The number of carbonyl (C=O) groups is 1. The summed E-state index contributed by atoms with van der Waals surface area (Å²) in [5.74, 6) is -1.07. The van der Waals surface area contributed by atoms with Crippen LogP contribution in [-0.4, -0.2) is 45.3 Å². The quantitative estimate of drug-likeness (QED) is 0.557. The Labute approximate surface area is 152 Å². The van der Waals surface area contributed by atoms with E-state index in [1.165, 1.54) is 35.5 Å². The number of aryl methyl sites for hydroxylation is 1. The number of nitrogens with one attached hydrogen (secondary N) is 1. The minimum Gasteiger partial charge on any atom is -0.289 e. The molecule has 0 saturated carbocycles. The van der Waals surface area contributed by atoms with Crippen molar-refractivity contribution in [1.82, 2.24) is 20.2 Å². The maximum Gasteiger partial charge on any atom is 0.417 e. The summed E-state index contributed by atoms with van der Waals surface area (Å²) in [6.45, 7) is 1.19. The van der Waals surface area contributed by atoms with Crippen LogP contribution in [0.3, 0.4) is 0 Å². The number of hydrogen-bond donors (Lipinski definition) is 2. The van der Waals surface area contributed by atoms with E-state index in [1.807, 2.05) is 0 Å². The van der Waals surface area contributed by atoms with Gasteiger partial charge in [-0.1, -0.05) is 0 Å². The molecular weight excluding hydrogens is 389 g/mol. The number of hydrogen-bond acceptors (Lipinski definition) is 6. The van der Waals surface area contributed by atoms with E-state index >= 15 is 0 Å². The summed E-state index contributed by atoms with van der Waals surface area (Å²) >= 11 is 0. The van der Waals surface area contributed by atoms with E-state index in [4.69, 9.17) is 5.21 Å². The van der Waals surface area contributed by atoms with Gasteiger partial charge in [-0.05, 0) is 25.5 Å². The van der Waals surface area contributed by atoms with Crippen LogP contribution in [0.15, 0.2) is 30.7 Å². The van der Waals surface area contributed by atoms with Gasteiger partial charge in [0.15, 0.2) is 14.6 Å². The molecule has 1 amide bonds. The number of sulfone groups is 1. The highest BCUT2D eigenvalue weighted by Gasteiger charge is 2.43. The molecule has 2 heterocycles. The van der Waals surface area contributed by atoms with E-state index < -0.39 is 32.2 Å². The van der Waals surface area contributed by atoms with Crippen molar-refractivity contribution in [3.05, 3.63) is 36.3 Å². The number of amides is 1. The number of carbonyl (C=O) groups excluding carboxylic acids is 1. The molecule has 0 aliphatic heterocycles. The predicted molar refractivity (Wildman–Crippen MR) is 88.3 cm³/mol. The molecule has 2 aromatic heterocycles. The second-order valence-electron chi connectivity index (χ2n) is 6.12. The first-order chi connectivity index (χ1) is 12.4. The van der Waals surface area contributed by atoms with E-state index in [2.05, 4.69) is 10.1 Å². The fourth-order valence-corrected chi connectivity index (χ4v) is 3.11. The van der Waals surface area contributed by atoms with Crippen molar-refractivity contribution in [1.29, 1.82) is 0 Å². The summed E-state index contributed by atoms with van der Waals surface area (Å²) in [5.41, 5.74) is 1.15. The summed E-state index contributed by atoms with van der Waals surface area (Å²) < 4.78 is 61.0. The van der Waals surface area contributed by atoms with Gasteiger partial charge in [0, 0.05) is 30.8 Å². The van der Waals surface area contributed by atoms with Crippen molar-refractivity contribution in [2.24, 2.45) is 0 Å². The lowest BCUT2D eigenvalue weighted by Gasteiger charge is -2.24. The molecule has 0 aliphatic rings. The summed E-state index contributed by atoms with van der Waals surface area (Å²) in [7, 11) is -3.84. The van der Waals surface area contributed by atoms with Gasteiger partial charge < -0.3 is 0 Å². The molecule has 0 spiro atoms. The van der Waals surface area contributed by atoms with Gasteiger partial charge in [0.1, 0.15) is 0 Å². The Bertz CT molecular complexity index is 925. The number of halogens is 3. The molecule has 1 atom stereocenters. The van der Waals surface area contributed by atoms with Gasteiger partial charge in [-0.15, -0.1) is 0 Å². The zero-order valence-electron chi connectivity index (χ0n) is 14.4. The van der Waals surface area contributed by atoms with E-state index in [-0.39, 0.29) is 18.7 Å². The number of alkyl halides is 3. The third-order valence-corrected chi connectivity index (χ3v) is 6.26. The molecule has 2 aromatic rings. The average Bonchev–Trinajstić information content (AvgIpc) is 3.06. The fraction of sp³-hybridized carbons (Fsp3) is 0.400. The number of pyridine rings is 1. The molecule has 2 rings (SSSR count). The fourth-order valence-electron chi connectivity index (χ4n) is 2.26. The highest BCUT2D eigenvalue weighted by molar-refractivity contribution is 7.92. The Kier molecular flexibility index (Phi) is 5.61. The summed E-state index contributed by atoms with van der Waals surface area (Å²) in [6, 6.07) is 2.09. The van der Waals surface area contributed by atoms with Crippen LogP contribution in [0.1, 0.15) is 18.9 Å². The van der Waals surface area contributed by atoms with E-state index in [1.54, 1.807) is 0 Å². The molecular formula is C15H17F3N4O4S. The third kappa shape index (κ3) is 4.45. The zero-order chi connectivity index (χ0) is 20.5. The Morgan fingerprint density at radius 1 is 1.30 bits per heavy atom. The predicted octanol–water partition coefficient (Wildman–Crippen LogP) is 1.66. The van der Waals surface area contributed by atoms with Gasteiger partial charge in [-0.3, -0.25) is 19.7 Å². The van der Waals surface area contributed by atoms with Crippen molar-refractivity contribution in [3.63, 3.8) is 0 Å². The van der Waals surface area contributed by atoms with Crippen LogP contribution in [0.5, 0.6) is 0 Å². The monoisotopic (exact) mass is 406 g/mol. The lowest BCUT2D eigenvalue weighted by molar-refractivity contribution is -0.137. The van der Waals surface area contributed by atoms with Gasteiger partial charge in [-0.2, -0.15) is 18.3 Å². The topological polar surface area (TPSA) is 114 Å². The average molecular weight is 406 g/mol. The normalized spacial score (nSPS) is 14.6. The van der Waals surface area contributed by atoms with Crippen molar-refractivity contribution in [3.8, 4) is 11.3 Å². The van der Waals surface area contributed by atoms with Crippen molar-refractivity contribution in [2.45, 2.75) is 30.8 Å². The first kappa shape index (κ1) is 20.8. The molecule has 27 heavy (non-hydrogen) atoms. The maximum absolute atomic E-state index is 12.6. The molecule has 1 unspecified atom stereocenters.